The van der Waals surface area contributed by atoms with E-state index in [2.05, 4.69) is 41.2 Å². The van der Waals surface area contributed by atoms with E-state index in [4.69, 9.17) is 61.3 Å². The molecule has 0 saturated carbocycles. The molecule has 6 N–H and O–H groups in total. The fraction of sp³-hybridized carbons (Fsp3) is 0. The summed E-state index contributed by atoms with van der Waals surface area (Å²) in [5.74, 6) is -0.820. The molecular weight excluding hydrogens is 1000 g/mol. The van der Waals surface area contributed by atoms with E-state index in [1.807, 2.05) is 0 Å². The first kappa shape index (κ1) is 56.1. The molecule has 336 valence electrons. The second-order valence-corrected chi connectivity index (χ2v) is 10.9. The number of carbonyl (C=O) groups is 4. The molecule has 0 aliphatic heterocycles. The number of pyridine rings is 4. The van der Waals surface area contributed by atoms with Gasteiger partial charge in [-0.05, 0) is 72.8 Å². The molecule has 29 heteroatoms. The van der Waals surface area contributed by atoms with Crippen LogP contribution in [0.4, 0.5) is 22.7 Å². The van der Waals surface area contributed by atoms with Gasteiger partial charge in [0.2, 0.25) is 0 Å². The fourth-order valence-electron chi connectivity index (χ4n) is 4.17. The maximum absolute atomic E-state index is 12.1. The van der Waals surface area contributed by atoms with Gasteiger partial charge < -0.3 is 82.6 Å². The number of rotatable bonds is 8. The smallest absolute Gasteiger partial charge is 0.256 e. The average molecular weight is 1030 g/mol. The Morgan fingerprint density at radius 3 is 0.708 bits per heavy atom. The van der Waals surface area contributed by atoms with Crippen LogP contribution in [0.3, 0.4) is 0 Å². The van der Waals surface area contributed by atoms with Crippen LogP contribution in [0.15, 0.2) is 147 Å². The van der Waals surface area contributed by atoms with Crippen LogP contribution in [0.25, 0.3) is 0 Å². The van der Waals surface area contributed by atoms with Crippen molar-refractivity contribution in [2.24, 2.45) is 0 Å². The Labute approximate surface area is 396 Å². The maximum Gasteiger partial charge on any atom is 0.256 e. The molecule has 4 aromatic heterocycles. The summed E-state index contributed by atoms with van der Waals surface area (Å²) in [4.78, 5) is 94.7. The van der Waals surface area contributed by atoms with Gasteiger partial charge in [-0.15, -0.1) is 0 Å². The largest absolute Gasteiger partial charge is 0.356 e. The van der Waals surface area contributed by atoms with Gasteiger partial charge in [0.1, 0.15) is 0 Å². The van der Waals surface area contributed by atoms with E-state index in [0.717, 1.165) is 0 Å². The van der Waals surface area contributed by atoms with Gasteiger partial charge in [0.15, 0.2) is 24.8 Å². The first-order valence-corrected chi connectivity index (χ1v) is 16.8. The van der Waals surface area contributed by atoms with Crippen LogP contribution in [-0.4, -0.2) is 53.9 Å². The SMILES string of the molecule is O=C(Nc1ccc(NC(=O)c2cc[nH+]cc2)cc1)c1ccncc1.O=C(Nc1ccc(NC(=O)c2cc[nH+]cc2)cc1)c1ccncc1.O=[N+]([O-])[O-].O=[N+]([O-])[O-].O=[N+]([O-])[O-].O=[N+]([O-])[O-].[Nd]. The van der Waals surface area contributed by atoms with E-state index in [1.54, 1.807) is 147 Å². The zero-order chi connectivity index (χ0) is 47.9. The van der Waals surface area contributed by atoms with Crippen molar-refractivity contribution < 1.29 is 90.3 Å². The maximum atomic E-state index is 12.1. The molecule has 0 aliphatic rings. The molecular formula is C36H30N12NdO16-2. The summed E-state index contributed by atoms with van der Waals surface area (Å²) in [5.41, 5.74) is 4.76. The number of hydrogen-bond acceptors (Lipinski definition) is 18. The number of hydrogen-bond donors (Lipinski definition) is 4. The van der Waals surface area contributed by atoms with Gasteiger partial charge >= 0.3 is 0 Å². The van der Waals surface area contributed by atoms with Gasteiger partial charge in [0.05, 0.1) is 31.5 Å². The van der Waals surface area contributed by atoms with Crippen molar-refractivity contribution >= 4 is 46.4 Å². The van der Waals surface area contributed by atoms with Gasteiger partial charge in [0.25, 0.3) is 23.6 Å². The van der Waals surface area contributed by atoms with Gasteiger partial charge in [-0.2, -0.15) is 0 Å². The quantitative estimate of drug-likeness (QED) is 0.124. The van der Waals surface area contributed by atoms with Crippen molar-refractivity contribution in [1.82, 2.24) is 9.97 Å². The molecule has 4 amide bonds. The van der Waals surface area contributed by atoms with Crippen molar-refractivity contribution in [2.45, 2.75) is 0 Å². The zero-order valence-electron chi connectivity index (χ0n) is 32.6. The third kappa shape index (κ3) is 27.5. The number of anilines is 4. The second kappa shape index (κ2) is 31.9. The number of amides is 4. The Balaban J connectivity index is 0.000000938. The van der Waals surface area contributed by atoms with Crippen LogP contribution in [0.1, 0.15) is 41.4 Å². The number of aromatic nitrogens is 4. The molecule has 0 bridgehead atoms. The summed E-state index contributed by atoms with van der Waals surface area (Å²) >= 11 is 0. The summed E-state index contributed by atoms with van der Waals surface area (Å²) in [6, 6.07) is 27.2. The molecule has 0 aliphatic carbocycles. The standard InChI is InChI=1S/2C18H14N4O2.4NO3.Nd/c2*23-17(13-5-9-19-10-6-13)21-15-1-2-16(4-3-15)22-18(24)14-7-11-20-12-8-14;4*2-1(3)4;/h2*1-12H,(H,21,23)(H,22,24);;;;;/q;;4*-1;/p+2. The van der Waals surface area contributed by atoms with Crippen LogP contribution < -0.4 is 31.2 Å². The van der Waals surface area contributed by atoms with Crippen LogP contribution in [-0.2, 0) is 0 Å². The molecule has 2 aromatic carbocycles. The van der Waals surface area contributed by atoms with Crippen molar-refractivity contribution in [1.29, 1.82) is 0 Å². The summed E-state index contributed by atoms with van der Waals surface area (Å²) in [7, 11) is 0. The van der Waals surface area contributed by atoms with Gasteiger partial charge in [0, 0.05) is 124 Å². The van der Waals surface area contributed by atoms with E-state index >= 15 is 0 Å². The molecule has 4 heterocycles. The van der Waals surface area contributed by atoms with Gasteiger partial charge in [-0.1, -0.05) is 0 Å². The monoisotopic (exact) mass is 1030 g/mol. The Bertz CT molecular complexity index is 2060. The third-order valence-electron chi connectivity index (χ3n) is 6.65. The van der Waals surface area contributed by atoms with Crippen LogP contribution in [0.5, 0.6) is 0 Å². The predicted octanol–water partition coefficient (Wildman–Crippen LogP) is 3.84. The minimum Gasteiger partial charge on any atom is -0.356 e. The topological polar surface area (TPSA) is 435 Å². The summed E-state index contributed by atoms with van der Waals surface area (Å²) in [6.07, 6.45) is 13.0. The third-order valence-corrected chi connectivity index (χ3v) is 6.65. The van der Waals surface area contributed by atoms with Crippen molar-refractivity contribution in [3.8, 4) is 0 Å². The predicted molar refractivity (Wildman–Crippen MR) is 221 cm³/mol. The van der Waals surface area contributed by atoms with E-state index < -0.39 is 20.3 Å². The van der Waals surface area contributed by atoms with E-state index in [0.29, 0.717) is 45.0 Å². The van der Waals surface area contributed by atoms with Gasteiger partial charge in [-0.25, -0.2) is 9.97 Å². The molecule has 0 spiro atoms. The minimum atomic E-state index is -1.75. The first-order chi connectivity index (χ1) is 30.4. The minimum absolute atomic E-state index is 0. The second-order valence-electron chi connectivity index (χ2n) is 10.9. The van der Waals surface area contributed by atoms with Crippen molar-refractivity contribution in [2.75, 3.05) is 21.3 Å². The molecule has 65 heavy (non-hydrogen) atoms. The Morgan fingerprint density at radius 1 is 0.354 bits per heavy atom. The Morgan fingerprint density at radius 2 is 0.523 bits per heavy atom. The van der Waals surface area contributed by atoms with E-state index in [1.165, 1.54) is 0 Å². The number of H-pyrrole nitrogens is 2. The van der Waals surface area contributed by atoms with Crippen LogP contribution in [0.2, 0.25) is 0 Å². The number of carbonyl (C=O) groups excluding carboxylic acids is 4. The van der Waals surface area contributed by atoms with Gasteiger partial charge in [-0.3, -0.25) is 29.1 Å². The summed E-state index contributed by atoms with van der Waals surface area (Å²) < 4.78 is 0. The van der Waals surface area contributed by atoms with Crippen LogP contribution >= 0.6 is 0 Å². The van der Waals surface area contributed by atoms with Crippen molar-refractivity contribution in [3.05, 3.63) is 230 Å². The molecule has 28 nitrogen and oxygen atoms in total. The molecule has 0 saturated heterocycles. The van der Waals surface area contributed by atoms with Crippen molar-refractivity contribution in [3.63, 3.8) is 0 Å². The summed E-state index contributed by atoms with van der Waals surface area (Å²) in [6.45, 7) is 0. The fourth-order valence-corrected chi connectivity index (χ4v) is 4.17. The Kier molecular flexibility index (Phi) is 27.5. The number of nitrogens with one attached hydrogen (secondary N) is 6. The number of aromatic amines is 2. The van der Waals surface area contributed by atoms with E-state index in [9.17, 15) is 19.2 Å². The van der Waals surface area contributed by atoms with Crippen LogP contribution in [0, 0.1) is 102 Å². The molecule has 6 rings (SSSR count). The molecule has 0 unspecified atom stereocenters. The zero-order valence-corrected chi connectivity index (χ0v) is 35.8. The molecule has 0 fully saturated rings. The number of nitrogens with zero attached hydrogens (tertiary/aromatic N) is 6. The van der Waals surface area contributed by atoms with E-state index in [-0.39, 0.29) is 64.5 Å². The normalized spacial score (nSPS) is 8.86. The molecule has 6 aromatic rings. The Hall–Kier alpha value is -8.93. The average Bonchev–Trinajstić information content (AvgIpc) is 3.26. The molecule has 0 radical (unpaired) electrons. The molecule has 0 atom stereocenters. The first-order valence-electron chi connectivity index (χ1n) is 16.8. The summed E-state index contributed by atoms with van der Waals surface area (Å²) in [5, 5.41) is 70.2. The number of benzene rings is 2.